The van der Waals surface area contributed by atoms with E-state index >= 15 is 0 Å². The van der Waals surface area contributed by atoms with Crippen LogP contribution in [0.5, 0.6) is 0 Å². The van der Waals surface area contributed by atoms with Crippen molar-refractivity contribution in [2.45, 2.75) is 6.10 Å². The Kier molecular flexibility index (Phi) is 5.40. The molecule has 0 amide bonds. The van der Waals surface area contributed by atoms with Crippen LogP contribution < -0.4 is 0 Å². The Morgan fingerprint density at radius 2 is 1.95 bits per heavy atom. The average Bonchev–Trinajstić information content (AvgIpc) is 2.43. The molecule has 1 N–H and O–H groups in total. The lowest BCUT2D eigenvalue weighted by Gasteiger charge is -2.20. The van der Waals surface area contributed by atoms with Gasteiger partial charge in [0, 0.05) is 19.2 Å². The number of aliphatic hydroxyl groups is 1. The van der Waals surface area contributed by atoms with Crippen LogP contribution >= 0.6 is 0 Å². The molecule has 0 spiro atoms. The van der Waals surface area contributed by atoms with Crippen molar-refractivity contribution in [1.82, 2.24) is 0 Å². The molecule has 0 radical (unpaired) electrons. The quantitative estimate of drug-likeness (QED) is 0.471. The van der Waals surface area contributed by atoms with Gasteiger partial charge in [-0.25, -0.2) is 0 Å². The molecule has 0 aliphatic heterocycles. The average molecular weight is 269 g/mol. The number of methoxy groups -OCH3 is 2. The second-order valence-corrected chi connectivity index (χ2v) is 3.88. The summed E-state index contributed by atoms with van der Waals surface area (Å²) in [5, 5.41) is 20.6. The van der Waals surface area contributed by atoms with Gasteiger partial charge in [0.15, 0.2) is 0 Å². The van der Waals surface area contributed by atoms with Crippen molar-refractivity contribution >= 4 is 11.7 Å². The number of nitro groups is 1. The number of nitrogens with zero attached hydrogens (tertiary/aromatic N) is 1. The molecule has 0 saturated carbocycles. The first-order chi connectivity index (χ1) is 9.01. The van der Waals surface area contributed by atoms with E-state index in [-0.39, 0.29) is 12.3 Å². The highest BCUT2D eigenvalue weighted by atomic mass is 16.6. The summed E-state index contributed by atoms with van der Waals surface area (Å²) in [5.41, 5.74) is 0.301. The number of esters is 1. The Balaban J connectivity index is 2.92. The Hall–Kier alpha value is -1.99. The molecule has 2 atom stereocenters. The number of non-ortho nitro benzene ring substituents is 1. The molecule has 19 heavy (non-hydrogen) atoms. The Labute approximate surface area is 109 Å². The fourth-order valence-electron chi connectivity index (χ4n) is 1.64. The predicted molar refractivity (Wildman–Crippen MR) is 65.4 cm³/mol. The smallest absolute Gasteiger partial charge is 0.314 e. The van der Waals surface area contributed by atoms with E-state index in [1.807, 2.05) is 0 Å². The minimum Gasteiger partial charge on any atom is -0.469 e. The molecular formula is C12H15NO6. The van der Waals surface area contributed by atoms with Gasteiger partial charge in [0.2, 0.25) is 0 Å². The molecule has 2 unspecified atom stereocenters. The van der Waals surface area contributed by atoms with Crippen LogP contribution in [0.2, 0.25) is 0 Å². The van der Waals surface area contributed by atoms with Gasteiger partial charge in [-0.1, -0.05) is 0 Å². The fourth-order valence-corrected chi connectivity index (χ4v) is 1.64. The number of carbonyl (C=O) groups excluding carboxylic acids is 1. The molecule has 0 saturated heterocycles. The first-order valence-corrected chi connectivity index (χ1v) is 5.50. The highest BCUT2D eigenvalue weighted by Gasteiger charge is 2.29. The van der Waals surface area contributed by atoms with Gasteiger partial charge >= 0.3 is 5.97 Å². The van der Waals surface area contributed by atoms with Gasteiger partial charge in [0.25, 0.3) is 5.69 Å². The Bertz CT molecular complexity index is 444. The number of ether oxygens (including phenoxy) is 2. The van der Waals surface area contributed by atoms with E-state index in [2.05, 4.69) is 4.74 Å². The first kappa shape index (κ1) is 15.1. The lowest BCUT2D eigenvalue weighted by atomic mass is 9.96. The summed E-state index contributed by atoms with van der Waals surface area (Å²) in [6.07, 6.45) is -1.15. The molecule has 0 fully saturated rings. The highest BCUT2D eigenvalue weighted by molar-refractivity contribution is 5.73. The number of rotatable bonds is 6. The van der Waals surface area contributed by atoms with Gasteiger partial charge in [-0.05, 0) is 17.7 Å². The number of hydrogen-bond donors (Lipinski definition) is 1. The Morgan fingerprint density at radius 1 is 1.37 bits per heavy atom. The van der Waals surface area contributed by atoms with Crippen molar-refractivity contribution in [3.63, 3.8) is 0 Å². The highest BCUT2D eigenvalue weighted by Crippen LogP contribution is 2.25. The normalized spacial score (nSPS) is 13.6. The second kappa shape index (κ2) is 6.81. The maximum Gasteiger partial charge on any atom is 0.314 e. The summed E-state index contributed by atoms with van der Waals surface area (Å²) >= 11 is 0. The topological polar surface area (TPSA) is 98.9 Å². The van der Waals surface area contributed by atoms with Crippen LogP contribution in [0.4, 0.5) is 5.69 Å². The molecule has 0 aromatic heterocycles. The number of carbonyl (C=O) groups is 1. The number of hydrogen-bond acceptors (Lipinski definition) is 6. The van der Waals surface area contributed by atoms with Gasteiger partial charge in [0.05, 0.1) is 24.7 Å². The van der Waals surface area contributed by atoms with E-state index in [0.29, 0.717) is 5.56 Å². The largest absolute Gasteiger partial charge is 0.469 e. The zero-order chi connectivity index (χ0) is 14.4. The zero-order valence-corrected chi connectivity index (χ0v) is 10.6. The maximum absolute atomic E-state index is 11.5. The molecule has 0 aliphatic carbocycles. The summed E-state index contributed by atoms with van der Waals surface area (Å²) in [7, 11) is 2.62. The standard InChI is InChI=1S/C12H15NO6/c1-18-7-10(12(15)19-2)11(14)8-3-5-9(6-4-8)13(16)17/h3-6,10-11,14H,7H2,1-2H3. The minimum absolute atomic E-state index is 0.00910. The van der Waals surface area contributed by atoms with Crippen molar-refractivity contribution in [3.8, 4) is 0 Å². The molecule has 1 aromatic rings. The molecule has 1 aromatic carbocycles. The third-order valence-electron chi connectivity index (χ3n) is 2.68. The molecule has 0 aliphatic rings. The lowest BCUT2D eigenvalue weighted by molar-refractivity contribution is -0.384. The van der Waals surface area contributed by atoms with Gasteiger partial charge in [0.1, 0.15) is 5.92 Å². The van der Waals surface area contributed by atoms with Crippen LogP contribution in [-0.4, -0.2) is 36.8 Å². The van der Waals surface area contributed by atoms with Crippen LogP contribution in [0.25, 0.3) is 0 Å². The van der Waals surface area contributed by atoms with Crippen LogP contribution in [-0.2, 0) is 14.3 Å². The van der Waals surface area contributed by atoms with Gasteiger partial charge in [-0.2, -0.15) is 0 Å². The van der Waals surface area contributed by atoms with Crippen molar-refractivity contribution in [2.75, 3.05) is 20.8 Å². The van der Waals surface area contributed by atoms with Crippen molar-refractivity contribution < 1.29 is 24.3 Å². The van der Waals surface area contributed by atoms with Crippen LogP contribution in [0.1, 0.15) is 11.7 Å². The third kappa shape index (κ3) is 3.73. The van der Waals surface area contributed by atoms with E-state index in [9.17, 15) is 20.0 Å². The van der Waals surface area contributed by atoms with Crippen LogP contribution in [0, 0.1) is 16.0 Å². The number of benzene rings is 1. The van der Waals surface area contributed by atoms with E-state index in [0.717, 1.165) is 0 Å². The van der Waals surface area contributed by atoms with Crippen molar-refractivity contribution in [3.05, 3.63) is 39.9 Å². The Morgan fingerprint density at radius 3 is 2.37 bits per heavy atom. The fraction of sp³-hybridized carbons (Fsp3) is 0.417. The van der Waals surface area contributed by atoms with Gasteiger partial charge < -0.3 is 14.6 Å². The van der Waals surface area contributed by atoms with Gasteiger partial charge in [-0.15, -0.1) is 0 Å². The second-order valence-electron chi connectivity index (χ2n) is 3.88. The van der Waals surface area contributed by atoms with E-state index in [1.54, 1.807) is 0 Å². The van der Waals surface area contributed by atoms with Crippen molar-refractivity contribution in [2.24, 2.45) is 5.92 Å². The maximum atomic E-state index is 11.5. The summed E-state index contributed by atoms with van der Waals surface area (Å²) in [6, 6.07) is 5.32. The van der Waals surface area contributed by atoms with E-state index in [4.69, 9.17) is 4.74 Å². The summed E-state index contributed by atoms with van der Waals surface area (Å²) in [6.45, 7) is -0.00910. The van der Waals surface area contributed by atoms with Crippen LogP contribution in [0.15, 0.2) is 24.3 Å². The summed E-state index contributed by atoms with van der Waals surface area (Å²) in [4.78, 5) is 21.5. The molecule has 0 heterocycles. The van der Waals surface area contributed by atoms with Crippen LogP contribution in [0.3, 0.4) is 0 Å². The molecular weight excluding hydrogens is 254 g/mol. The molecule has 0 bridgehead atoms. The summed E-state index contributed by atoms with van der Waals surface area (Å²) in [5.74, 6) is -1.48. The first-order valence-electron chi connectivity index (χ1n) is 5.50. The summed E-state index contributed by atoms with van der Waals surface area (Å²) < 4.78 is 9.44. The minimum atomic E-state index is -1.15. The molecule has 7 heteroatoms. The third-order valence-corrected chi connectivity index (χ3v) is 2.68. The number of aliphatic hydroxyl groups excluding tert-OH is 1. The predicted octanol–water partition coefficient (Wildman–Crippen LogP) is 1.06. The SMILES string of the molecule is COCC(C(=O)OC)C(O)c1ccc([N+](=O)[O-])cc1. The van der Waals surface area contributed by atoms with E-state index in [1.165, 1.54) is 38.5 Å². The molecule has 104 valence electrons. The van der Waals surface area contributed by atoms with Crippen molar-refractivity contribution in [1.29, 1.82) is 0 Å². The molecule has 1 rings (SSSR count). The lowest BCUT2D eigenvalue weighted by Crippen LogP contribution is -2.27. The van der Waals surface area contributed by atoms with Gasteiger partial charge in [-0.3, -0.25) is 14.9 Å². The van der Waals surface area contributed by atoms with E-state index < -0.39 is 22.9 Å². The molecule has 7 nitrogen and oxygen atoms in total. The monoisotopic (exact) mass is 269 g/mol. The number of nitro benzene ring substituents is 1. The zero-order valence-electron chi connectivity index (χ0n) is 10.6.